The van der Waals surface area contributed by atoms with Gasteiger partial charge in [0.25, 0.3) is 5.92 Å². The minimum atomic E-state index is -3.01. The van der Waals surface area contributed by atoms with Gasteiger partial charge in [0.2, 0.25) is 5.91 Å². The number of rotatable bonds is 8. The molecule has 1 atom stereocenters. The highest BCUT2D eigenvalue weighted by Gasteiger charge is 2.30. The van der Waals surface area contributed by atoms with Crippen LogP contribution in [0.4, 0.5) is 8.78 Å². The Bertz CT molecular complexity index is 1060. The Morgan fingerprint density at radius 2 is 1.87 bits per heavy atom. The number of nitrogens with two attached hydrogens (primary N) is 1. The smallest absolute Gasteiger partial charge is 0.270 e. The molecule has 0 bridgehead atoms. The van der Waals surface area contributed by atoms with Crippen molar-refractivity contribution in [1.29, 1.82) is 0 Å². The second-order valence-electron chi connectivity index (χ2n) is 8.27. The van der Waals surface area contributed by atoms with Crippen molar-refractivity contribution in [2.75, 3.05) is 6.61 Å². The molecular weight excluding hydrogens is 404 g/mol. The van der Waals surface area contributed by atoms with Gasteiger partial charge in [0.05, 0.1) is 18.8 Å². The van der Waals surface area contributed by atoms with Crippen LogP contribution in [0.2, 0.25) is 0 Å². The predicted octanol–water partition coefficient (Wildman–Crippen LogP) is 3.26. The van der Waals surface area contributed by atoms with Crippen LogP contribution in [0.15, 0.2) is 42.5 Å². The standard InChI is InChI=1S/C22H27F2N5O2/c1-14-10-16(22(4,23)24)11-18-27-28-19(29(14)18)17(26-20(30)21(2,3)25)13-31-12-15-8-6-5-7-9-15/h5-11,17H,12-13,25H2,1-4H3,(H,26,30)/t17-/m1/s1. The van der Waals surface area contributed by atoms with Crippen molar-refractivity contribution < 1.29 is 18.3 Å². The van der Waals surface area contributed by atoms with Crippen molar-refractivity contribution in [3.63, 3.8) is 0 Å². The molecule has 0 fully saturated rings. The van der Waals surface area contributed by atoms with Crippen LogP contribution in [0.1, 0.15) is 49.5 Å². The van der Waals surface area contributed by atoms with Gasteiger partial charge in [0.15, 0.2) is 11.5 Å². The molecule has 7 nitrogen and oxygen atoms in total. The molecule has 31 heavy (non-hydrogen) atoms. The topological polar surface area (TPSA) is 94.5 Å². The average molecular weight is 431 g/mol. The van der Waals surface area contributed by atoms with Gasteiger partial charge in [-0.15, -0.1) is 10.2 Å². The summed E-state index contributed by atoms with van der Waals surface area (Å²) in [7, 11) is 0. The molecule has 0 aliphatic carbocycles. The summed E-state index contributed by atoms with van der Waals surface area (Å²) in [6.45, 7) is 6.13. The summed E-state index contributed by atoms with van der Waals surface area (Å²) < 4.78 is 35.1. The number of hydrogen-bond donors (Lipinski definition) is 2. The molecule has 1 amide bonds. The molecule has 3 rings (SSSR count). The molecule has 2 heterocycles. The Labute approximate surface area is 179 Å². The molecule has 0 saturated heterocycles. The van der Waals surface area contributed by atoms with Crippen LogP contribution in [0, 0.1) is 6.92 Å². The van der Waals surface area contributed by atoms with Crippen molar-refractivity contribution in [1.82, 2.24) is 19.9 Å². The summed E-state index contributed by atoms with van der Waals surface area (Å²) in [5, 5.41) is 11.1. The van der Waals surface area contributed by atoms with Crippen LogP contribution >= 0.6 is 0 Å². The van der Waals surface area contributed by atoms with E-state index >= 15 is 0 Å². The lowest BCUT2D eigenvalue weighted by Crippen LogP contribution is -2.51. The first-order valence-corrected chi connectivity index (χ1v) is 9.92. The highest BCUT2D eigenvalue weighted by Crippen LogP contribution is 2.29. The molecule has 0 aliphatic rings. The van der Waals surface area contributed by atoms with E-state index in [4.69, 9.17) is 10.5 Å². The first-order chi connectivity index (χ1) is 14.5. The van der Waals surface area contributed by atoms with Gasteiger partial charge in [-0.1, -0.05) is 30.3 Å². The molecule has 0 radical (unpaired) electrons. The van der Waals surface area contributed by atoms with E-state index in [0.717, 1.165) is 12.5 Å². The number of nitrogens with one attached hydrogen (secondary N) is 1. The lowest BCUT2D eigenvalue weighted by atomic mass is 10.1. The number of nitrogens with zero attached hydrogens (tertiary/aromatic N) is 3. The summed E-state index contributed by atoms with van der Waals surface area (Å²) in [6, 6.07) is 11.6. The van der Waals surface area contributed by atoms with Crippen LogP contribution in [0.25, 0.3) is 5.65 Å². The number of carbonyl (C=O) groups is 1. The monoisotopic (exact) mass is 431 g/mol. The zero-order valence-corrected chi connectivity index (χ0v) is 18.0. The molecule has 0 saturated carbocycles. The Morgan fingerprint density at radius 3 is 2.48 bits per heavy atom. The fraction of sp³-hybridized carbons (Fsp3) is 0.409. The van der Waals surface area contributed by atoms with Crippen LogP contribution in [-0.4, -0.2) is 32.7 Å². The Morgan fingerprint density at radius 1 is 1.19 bits per heavy atom. The van der Waals surface area contributed by atoms with Crippen molar-refractivity contribution in [2.24, 2.45) is 5.73 Å². The van der Waals surface area contributed by atoms with E-state index in [1.54, 1.807) is 25.2 Å². The highest BCUT2D eigenvalue weighted by atomic mass is 19.3. The van der Waals surface area contributed by atoms with Gasteiger partial charge in [-0.3, -0.25) is 9.20 Å². The second-order valence-corrected chi connectivity index (χ2v) is 8.27. The number of amides is 1. The maximum absolute atomic E-state index is 13.8. The Kier molecular flexibility index (Phi) is 6.38. The molecule has 2 aromatic heterocycles. The third-order valence-electron chi connectivity index (χ3n) is 4.82. The Hall–Kier alpha value is -2.91. The van der Waals surface area contributed by atoms with Crippen LogP contribution < -0.4 is 11.1 Å². The quantitative estimate of drug-likeness (QED) is 0.571. The number of aryl methyl sites for hydroxylation is 1. The third-order valence-corrected chi connectivity index (χ3v) is 4.82. The zero-order chi connectivity index (χ0) is 22.8. The van der Waals surface area contributed by atoms with Gasteiger partial charge >= 0.3 is 0 Å². The maximum Gasteiger partial charge on any atom is 0.270 e. The molecule has 0 spiro atoms. The van der Waals surface area contributed by atoms with Crippen molar-refractivity contribution in [2.45, 2.75) is 51.8 Å². The summed E-state index contributed by atoms with van der Waals surface area (Å²) in [6.07, 6.45) is 0. The van der Waals surface area contributed by atoms with Gasteiger partial charge in [-0.05, 0) is 38.5 Å². The minimum absolute atomic E-state index is 0.0998. The second kappa shape index (κ2) is 8.68. The first kappa shape index (κ1) is 22.8. The van der Waals surface area contributed by atoms with Crippen LogP contribution in [0.3, 0.4) is 0 Å². The van der Waals surface area contributed by atoms with Crippen molar-refractivity contribution >= 4 is 11.6 Å². The molecule has 1 aromatic carbocycles. The van der Waals surface area contributed by atoms with Crippen LogP contribution in [0.5, 0.6) is 0 Å². The SMILES string of the molecule is Cc1cc(C(C)(F)F)cc2nnc([C@@H](COCc3ccccc3)NC(=O)C(C)(C)N)n12. The average Bonchev–Trinajstić information content (AvgIpc) is 3.11. The fourth-order valence-corrected chi connectivity index (χ4v) is 3.11. The van der Waals surface area contributed by atoms with Gasteiger partial charge < -0.3 is 15.8 Å². The highest BCUT2D eigenvalue weighted by molar-refractivity contribution is 5.85. The number of benzene rings is 1. The fourth-order valence-electron chi connectivity index (χ4n) is 3.11. The summed E-state index contributed by atoms with van der Waals surface area (Å²) in [4.78, 5) is 12.6. The number of pyridine rings is 1. The molecule has 0 aliphatic heterocycles. The molecule has 3 aromatic rings. The number of aromatic nitrogens is 3. The van der Waals surface area contributed by atoms with E-state index in [9.17, 15) is 13.6 Å². The number of alkyl halides is 2. The molecule has 3 N–H and O–H groups in total. The number of ether oxygens (including phenoxy) is 1. The van der Waals surface area contributed by atoms with E-state index in [1.807, 2.05) is 30.3 Å². The van der Waals surface area contributed by atoms with E-state index in [1.165, 1.54) is 12.1 Å². The summed E-state index contributed by atoms with van der Waals surface area (Å²) >= 11 is 0. The van der Waals surface area contributed by atoms with Gasteiger partial charge in [0.1, 0.15) is 6.04 Å². The minimum Gasteiger partial charge on any atom is -0.374 e. The lowest BCUT2D eigenvalue weighted by Gasteiger charge is -2.24. The molecule has 166 valence electrons. The van der Waals surface area contributed by atoms with E-state index in [-0.39, 0.29) is 17.8 Å². The van der Waals surface area contributed by atoms with Crippen molar-refractivity contribution in [3.8, 4) is 0 Å². The number of hydrogen-bond acceptors (Lipinski definition) is 5. The summed E-state index contributed by atoms with van der Waals surface area (Å²) in [5.41, 5.74) is 6.42. The van der Waals surface area contributed by atoms with Gasteiger partial charge in [-0.2, -0.15) is 0 Å². The van der Waals surface area contributed by atoms with Crippen molar-refractivity contribution in [3.05, 3.63) is 65.1 Å². The van der Waals surface area contributed by atoms with E-state index < -0.39 is 23.4 Å². The number of carbonyl (C=O) groups excluding carboxylic acids is 1. The lowest BCUT2D eigenvalue weighted by molar-refractivity contribution is -0.126. The largest absolute Gasteiger partial charge is 0.374 e. The molecule has 9 heteroatoms. The van der Waals surface area contributed by atoms with Gasteiger partial charge in [-0.25, -0.2) is 8.78 Å². The normalized spacial score (nSPS) is 13.4. The summed E-state index contributed by atoms with van der Waals surface area (Å²) in [5.74, 6) is -3.02. The van der Waals surface area contributed by atoms with E-state index in [2.05, 4.69) is 15.5 Å². The Balaban J connectivity index is 1.92. The molecule has 0 unspecified atom stereocenters. The number of halogens is 2. The molecular formula is C22H27F2N5O2. The third kappa shape index (κ3) is 5.42. The zero-order valence-electron chi connectivity index (χ0n) is 18.0. The predicted molar refractivity (Wildman–Crippen MR) is 113 cm³/mol. The maximum atomic E-state index is 13.8. The number of fused-ring (bicyclic) bond motifs is 1. The van der Waals surface area contributed by atoms with E-state index in [0.29, 0.717) is 18.1 Å². The first-order valence-electron chi connectivity index (χ1n) is 9.92. The van der Waals surface area contributed by atoms with Gasteiger partial charge in [0, 0.05) is 18.2 Å². The van der Waals surface area contributed by atoms with Crippen LogP contribution in [-0.2, 0) is 22.1 Å².